The lowest BCUT2D eigenvalue weighted by atomic mass is 9.91. The van der Waals surface area contributed by atoms with Crippen molar-refractivity contribution in [1.29, 1.82) is 0 Å². The van der Waals surface area contributed by atoms with E-state index in [1.807, 2.05) is 4.90 Å². The zero-order valence-corrected chi connectivity index (χ0v) is 18.2. The van der Waals surface area contributed by atoms with Crippen LogP contribution in [-0.2, 0) is 4.79 Å². The smallest absolute Gasteiger partial charge is 0.255 e. The molecule has 0 N–H and O–H groups in total. The molecule has 2 saturated heterocycles. The van der Waals surface area contributed by atoms with Crippen LogP contribution in [0.25, 0.3) is 0 Å². The number of benzene rings is 1. The topological polar surface area (TPSA) is 47.1 Å². The lowest BCUT2D eigenvalue weighted by molar-refractivity contribution is -0.135. The molecular formula is C21H28Cl2N4O2. The van der Waals surface area contributed by atoms with Crippen molar-refractivity contribution in [2.24, 2.45) is 0 Å². The van der Waals surface area contributed by atoms with E-state index in [9.17, 15) is 9.59 Å². The molecule has 1 aliphatic carbocycles. The third-order valence-electron chi connectivity index (χ3n) is 6.46. The first-order valence-corrected chi connectivity index (χ1v) is 11.3. The predicted octanol–water partition coefficient (Wildman–Crippen LogP) is 2.45. The summed E-state index contributed by atoms with van der Waals surface area (Å²) in [5, 5.41) is 0.692. The van der Waals surface area contributed by atoms with Gasteiger partial charge in [0.2, 0.25) is 5.91 Å². The van der Waals surface area contributed by atoms with E-state index < -0.39 is 0 Å². The van der Waals surface area contributed by atoms with Gasteiger partial charge < -0.3 is 9.80 Å². The summed E-state index contributed by atoms with van der Waals surface area (Å²) in [6, 6.07) is 5.87. The second-order valence-electron chi connectivity index (χ2n) is 8.17. The van der Waals surface area contributed by atoms with Gasteiger partial charge >= 0.3 is 0 Å². The molecule has 3 fully saturated rings. The highest BCUT2D eigenvalue weighted by atomic mass is 35.5. The molecule has 4 rings (SSSR count). The number of nitrogens with zero attached hydrogens (tertiary/aromatic N) is 4. The highest BCUT2D eigenvalue weighted by Gasteiger charge is 2.30. The Morgan fingerprint density at radius 3 is 2.17 bits per heavy atom. The van der Waals surface area contributed by atoms with Gasteiger partial charge in [-0.15, -0.1) is 0 Å². The van der Waals surface area contributed by atoms with Crippen LogP contribution in [0.15, 0.2) is 18.2 Å². The minimum absolute atomic E-state index is 0.101. The summed E-state index contributed by atoms with van der Waals surface area (Å²) in [5.74, 6) is 0.103. The molecule has 2 heterocycles. The minimum Gasteiger partial charge on any atom is -0.339 e. The Labute approximate surface area is 182 Å². The van der Waals surface area contributed by atoms with Crippen molar-refractivity contribution in [2.75, 3.05) is 58.9 Å². The van der Waals surface area contributed by atoms with Gasteiger partial charge in [0.05, 0.1) is 22.2 Å². The van der Waals surface area contributed by atoms with Crippen molar-refractivity contribution in [3.63, 3.8) is 0 Å². The summed E-state index contributed by atoms with van der Waals surface area (Å²) >= 11 is 12.2. The number of amides is 2. The van der Waals surface area contributed by atoms with Crippen LogP contribution in [0.3, 0.4) is 0 Å². The van der Waals surface area contributed by atoms with Crippen LogP contribution in [0.1, 0.15) is 29.6 Å². The number of piperazine rings is 2. The average Bonchev–Trinajstić information content (AvgIpc) is 2.69. The number of halogens is 2. The number of rotatable bonds is 4. The molecule has 1 aromatic carbocycles. The Kier molecular flexibility index (Phi) is 6.64. The first-order valence-electron chi connectivity index (χ1n) is 10.5. The van der Waals surface area contributed by atoms with Gasteiger partial charge in [-0.2, -0.15) is 0 Å². The molecule has 1 aromatic rings. The fraction of sp³-hybridized carbons (Fsp3) is 0.619. The zero-order valence-electron chi connectivity index (χ0n) is 16.7. The lowest BCUT2D eigenvalue weighted by Gasteiger charge is -2.43. The van der Waals surface area contributed by atoms with Gasteiger partial charge in [-0.05, 0) is 25.0 Å². The second-order valence-corrected chi connectivity index (χ2v) is 8.96. The summed E-state index contributed by atoms with van der Waals surface area (Å²) in [6.45, 7) is 6.66. The van der Waals surface area contributed by atoms with Gasteiger partial charge in [0.15, 0.2) is 0 Å². The normalized spacial score (nSPS) is 21.9. The number of carbonyl (C=O) groups is 2. The van der Waals surface area contributed by atoms with E-state index >= 15 is 0 Å². The summed E-state index contributed by atoms with van der Waals surface area (Å²) in [6.07, 6.45) is 3.98. The van der Waals surface area contributed by atoms with Crippen molar-refractivity contribution in [3.05, 3.63) is 33.8 Å². The SMILES string of the molecule is O=C(CN1CCN(C(=O)c2cccc(Cl)c2Cl)CC1)N1CCN(C2CCC2)CC1. The molecule has 158 valence electrons. The van der Waals surface area contributed by atoms with Crippen molar-refractivity contribution in [2.45, 2.75) is 25.3 Å². The van der Waals surface area contributed by atoms with Gasteiger partial charge in [-0.25, -0.2) is 0 Å². The van der Waals surface area contributed by atoms with E-state index in [4.69, 9.17) is 23.2 Å². The first kappa shape index (κ1) is 20.9. The lowest BCUT2D eigenvalue weighted by Crippen LogP contribution is -2.56. The number of hydrogen-bond donors (Lipinski definition) is 0. The van der Waals surface area contributed by atoms with Gasteiger partial charge in [-0.1, -0.05) is 35.7 Å². The van der Waals surface area contributed by atoms with Crippen molar-refractivity contribution in [1.82, 2.24) is 19.6 Å². The fourth-order valence-corrected chi connectivity index (χ4v) is 4.71. The standard InChI is InChI=1S/C21H28Cl2N4O2/c22-18-6-2-5-17(20(18)23)21(29)27-9-7-24(8-10-27)15-19(28)26-13-11-25(12-14-26)16-3-1-4-16/h2,5-6,16H,1,3-4,7-15H2. The molecule has 0 radical (unpaired) electrons. The van der Waals surface area contributed by atoms with Crippen molar-refractivity contribution < 1.29 is 9.59 Å². The summed E-state index contributed by atoms with van der Waals surface area (Å²) in [7, 11) is 0. The molecule has 29 heavy (non-hydrogen) atoms. The molecule has 8 heteroatoms. The summed E-state index contributed by atoms with van der Waals surface area (Å²) in [4.78, 5) is 33.9. The third-order valence-corrected chi connectivity index (χ3v) is 7.28. The largest absolute Gasteiger partial charge is 0.339 e. The molecule has 0 spiro atoms. The Bertz CT molecular complexity index is 755. The zero-order chi connectivity index (χ0) is 20.4. The molecule has 3 aliphatic rings. The van der Waals surface area contributed by atoms with E-state index in [2.05, 4.69) is 9.80 Å². The average molecular weight is 439 g/mol. The van der Waals surface area contributed by atoms with Gasteiger partial charge in [0.1, 0.15) is 0 Å². The Morgan fingerprint density at radius 2 is 1.55 bits per heavy atom. The quantitative estimate of drug-likeness (QED) is 0.723. The molecule has 0 bridgehead atoms. The maximum atomic E-state index is 12.7. The second kappa shape index (κ2) is 9.21. The van der Waals surface area contributed by atoms with Crippen LogP contribution in [0.5, 0.6) is 0 Å². The number of carbonyl (C=O) groups excluding carboxylic acids is 2. The van der Waals surface area contributed by atoms with Crippen LogP contribution in [-0.4, -0.2) is 96.4 Å². The van der Waals surface area contributed by atoms with E-state index in [1.54, 1.807) is 23.1 Å². The molecule has 6 nitrogen and oxygen atoms in total. The first-order chi connectivity index (χ1) is 14.0. The maximum Gasteiger partial charge on any atom is 0.255 e. The highest BCUT2D eigenvalue weighted by molar-refractivity contribution is 6.43. The van der Waals surface area contributed by atoms with Crippen molar-refractivity contribution >= 4 is 35.0 Å². The van der Waals surface area contributed by atoms with E-state index in [1.165, 1.54) is 19.3 Å². The highest BCUT2D eigenvalue weighted by Crippen LogP contribution is 2.27. The Hall–Kier alpha value is -1.34. The van der Waals surface area contributed by atoms with Crippen LogP contribution in [0.4, 0.5) is 0 Å². The Morgan fingerprint density at radius 1 is 0.897 bits per heavy atom. The molecule has 1 saturated carbocycles. The molecule has 2 amide bonds. The maximum absolute atomic E-state index is 12.7. The molecule has 0 aromatic heterocycles. The minimum atomic E-state index is -0.101. The molecular weight excluding hydrogens is 411 g/mol. The predicted molar refractivity (Wildman–Crippen MR) is 115 cm³/mol. The van der Waals surface area contributed by atoms with Crippen LogP contribution >= 0.6 is 23.2 Å². The van der Waals surface area contributed by atoms with Gasteiger partial charge in [0, 0.05) is 58.4 Å². The molecule has 0 unspecified atom stereocenters. The van der Waals surface area contributed by atoms with Crippen molar-refractivity contribution in [3.8, 4) is 0 Å². The summed E-state index contributed by atoms with van der Waals surface area (Å²) in [5.41, 5.74) is 0.438. The molecule has 0 atom stereocenters. The van der Waals surface area contributed by atoms with Crippen LogP contribution in [0.2, 0.25) is 10.0 Å². The Balaban J connectivity index is 1.23. The fourth-order valence-electron chi connectivity index (χ4n) is 4.33. The van der Waals surface area contributed by atoms with Crippen LogP contribution < -0.4 is 0 Å². The number of hydrogen-bond acceptors (Lipinski definition) is 4. The third kappa shape index (κ3) is 4.71. The van der Waals surface area contributed by atoms with E-state index in [0.29, 0.717) is 48.3 Å². The monoisotopic (exact) mass is 438 g/mol. The van der Waals surface area contributed by atoms with E-state index in [-0.39, 0.29) is 11.8 Å². The van der Waals surface area contributed by atoms with Gasteiger partial charge in [0.25, 0.3) is 5.91 Å². The van der Waals surface area contributed by atoms with Gasteiger partial charge in [-0.3, -0.25) is 19.4 Å². The van der Waals surface area contributed by atoms with Crippen LogP contribution in [0, 0.1) is 0 Å². The van der Waals surface area contributed by atoms with E-state index in [0.717, 1.165) is 32.2 Å². The molecule has 2 aliphatic heterocycles. The summed E-state index contributed by atoms with van der Waals surface area (Å²) < 4.78 is 0.